The van der Waals surface area contributed by atoms with E-state index in [4.69, 9.17) is 39.5 Å². The van der Waals surface area contributed by atoms with Crippen molar-refractivity contribution < 1.29 is 4.74 Å². The second-order valence-electron chi connectivity index (χ2n) is 4.75. The molecule has 5 heteroatoms. The van der Waals surface area contributed by atoms with Crippen LogP contribution in [0.3, 0.4) is 0 Å². The van der Waals surface area contributed by atoms with Gasteiger partial charge in [0.25, 0.3) is 0 Å². The maximum absolute atomic E-state index is 6.07. The van der Waals surface area contributed by atoms with Crippen LogP contribution in [-0.2, 0) is 0 Å². The highest BCUT2D eigenvalue weighted by molar-refractivity contribution is 6.40. The van der Waals surface area contributed by atoms with Crippen molar-refractivity contribution in [3.05, 3.63) is 27.2 Å². The number of benzene rings is 1. The standard InChI is InChI=1S/C15H22Cl3NO/c1-3-7-19-12(4-2)6-5-8-20-15-13(17)9-11(16)10-14(15)18/h9-10,12,19H,3-8H2,1-2H3. The Morgan fingerprint density at radius 2 is 1.80 bits per heavy atom. The Bertz CT molecular complexity index is 389. The molecule has 0 aliphatic rings. The van der Waals surface area contributed by atoms with Gasteiger partial charge in [0, 0.05) is 11.1 Å². The lowest BCUT2D eigenvalue weighted by Gasteiger charge is -2.17. The Balaban J connectivity index is 2.37. The summed E-state index contributed by atoms with van der Waals surface area (Å²) >= 11 is 18.0. The van der Waals surface area contributed by atoms with Crippen molar-refractivity contribution in [1.29, 1.82) is 0 Å². The van der Waals surface area contributed by atoms with Crippen LogP contribution in [0, 0.1) is 0 Å². The summed E-state index contributed by atoms with van der Waals surface area (Å²) < 4.78 is 5.67. The molecule has 2 nitrogen and oxygen atoms in total. The van der Waals surface area contributed by atoms with Gasteiger partial charge in [-0.1, -0.05) is 48.7 Å². The molecule has 0 spiro atoms. The van der Waals surface area contributed by atoms with Gasteiger partial charge in [-0.2, -0.15) is 0 Å². The van der Waals surface area contributed by atoms with E-state index in [1.807, 2.05) is 0 Å². The van der Waals surface area contributed by atoms with Crippen molar-refractivity contribution in [2.45, 2.75) is 45.6 Å². The second-order valence-corrected chi connectivity index (χ2v) is 6.00. The summed E-state index contributed by atoms with van der Waals surface area (Å²) in [6.07, 6.45) is 4.33. The van der Waals surface area contributed by atoms with Gasteiger partial charge in [-0.25, -0.2) is 0 Å². The van der Waals surface area contributed by atoms with E-state index in [0.717, 1.165) is 32.2 Å². The molecule has 1 N–H and O–H groups in total. The lowest BCUT2D eigenvalue weighted by molar-refractivity contribution is 0.294. The van der Waals surface area contributed by atoms with Gasteiger partial charge in [0.05, 0.1) is 16.7 Å². The summed E-state index contributed by atoms with van der Waals surface area (Å²) in [7, 11) is 0. The van der Waals surface area contributed by atoms with Crippen molar-refractivity contribution >= 4 is 34.8 Å². The summed E-state index contributed by atoms with van der Waals surface area (Å²) in [6, 6.07) is 3.83. The molecular weight excluding hydrogens is 317 g/mol. The number of hydrogen-bond donors (Lipinski definition) is 1. The molecule has 1 unspecified atom stereocenters. The van der Waals surface area contributed by atoms with Gasteiger partial charge in [-0.05, 0) is 44.4 Å². The second kappa shape index (κ2) is 9.73. The monoisotopic (exact) mass is 337 g/mol. The molecule has 0 radical (unpaired) electrons. The molecule has 0 heterocycles. The highest BCUT2D eigenvalue weighted by Gasteiger charge is 2.10. The summed E-state index contributed by atoms with van der Waals surface area (Å²) in [5.41, 5.74) is 0. The molecule has 1 aromatic carbocycles. The number of ether oxygens (including phenoxy) is 1. The Hall–Kier alpha value is -0.150. The largest absolute Gasteiger partial charge is 0.490 e. The van der Waals surface area contributed by atoms with E-state index in [2.05, 4.69) is 19.2 Å². The predicted octanol–water partition coefficient (Wildman–Crippen LogP) is 5.58. The minimum Gasteiger partial charge on any atom is -0.490 e. The summed E-state index contributed by atoms with van der Waals surface area (Å²) in [6.45, 7) is 6.04. The third kappa shape index (κ3) is 6.09. The van der Waals surface area contributed by atoms with E-state index in [1.165, 1.54) is 0 Å². The molecule has 0 saturated carbocycles. The molecule has 1 aromatic rings. The van der Waals surface area contributed by atoms with Gasteiger partial charge in [0.2, 0.25) is 0 Å². The highest BCUT2D eigenvalue weighted by atomic mass is 35.5. The van der Waals surface area contributed by atoms with Crippen LogP contribution in [0.5, 0.6) is 5.75 Å². The van der Waals surface area contributed by atoms with Gasteiger partial charge in [0.15, 0.2) is 5.75 Å². The van der Waals surface area contributed by atoms with Crippen LogP contribution < -0.4 is 10.1 Å². The third-order valence-corrected chi connectivity index (χ3v) is 3.86. The molecule has 0 fully saturated rings. The smallest absolute Gasteiger partial charge is 0.156 e. The van der Waals surface area contributed by atoms with E-state index in [9.17, 15) is 0 Å². The van der Waals surface area contributed by atoms with Crippen LogP contribution in [0.15, 0.2) is 12.1 Å². The average Bonchev–Trinajstić information content (AvgIpc) is 2.40. The van der Waals surface area contributed by atoms with Gasteiger partial charge in [-0.3, -0.25) is 0 Å². The topological polar surface area (TPSA) is 21.3 Å². The van der Waals surface area contributed by atoms with Crippen molar-refractivity contribution in [1.82, 2.24) is 5.32 Å². The Kier molecular flexibility index (Phi) is 8.70. The first-order valence-corrected chi connectivity index (χ1v) is 8.22. The van der Waals surface area contributed by atoms with E-state index in [-0.39, 0.29) is 0 Å². The molecule has 1 atom stereocenters. The van der Waals surface area contributed by atoms with Crippen LogP contribution in [-0.4, -0.2) is 19.2 Å². The molecule has 0 bridgehead atoms. The minimum atomic E-state index is 0.457. The van der Waals surface area contributed by atoms with Crippen molar-refractivity contribution in [3.8, 4) is 5.75 Å². The van der Waals surface area contributed by atoms with Gasteiger partial charge in [-0.15, -0.1) is 0 Å². The van der Waals surface area contributed by atoms with E-state index >= 15 is 0 Å². The first kappa shape index (κ1) is 17.9. The van der Waals surface area contributed by atoms with Crippen molar-refractivity contribution in [3.63, 3.8) is 0 Å². The predicted molar refractivity (Wildman–Crippen MR) is 88.6 cm³/mol. The molecule has 0 aromatic heterocycles. The van der Waals surface area contributed by atoms with Crippen molar-refractivity contribution in [2.75, 3.05) is 13.2 Å². The van der Waals surface area contributed by atoms with Crippen LogP contribution in [0.2, 0.25) is 15.1 Å². The summed E-state index contributed by atoms with van der Waals surface area (Å²) in [5, 5.41) is 4.95. The molecule has 0 aliphatic heterocycles. The maximum Gasteiger partial charge on any atom is 0.156 e. The molecule has 114 valence electrons. The van der Waals surface area contributed by atoms with Gasteiger partial charge in [0.1, 0.15) is 0 Å². The van der Waals surface area contributed by atoms with Crippen LogP contribution in [0.4, 0.5) is 0 Å². The van der Waals surface area contributed by atoms with Gasteiger partial charge >= 0.3 is 0 Å². The highest BCUT2D eigenvalue weighted by Crippen LogP contribution is 2.35. The Morgan fingerprint density at radius 3 is 2.35 bits per heavy atom. The average molecular weight is 339 g/mol. The summed E-state index contributed by atoms with van der Waals surface area (Å²) in [4.78, 5) is 0. The zero-order valence-electron chi connectivity index (χ0n) is 12.0. The number of nitrogens with one attached hydrogen (secondary N) is 1. The van der Waals surface area contributed by atoms with E-state index in [1.54, 1.807) is 12.1 Å². The number of rotatable bonds is 9. The fourth-order valence-corrected chi connectivity index (χ4v) is 2.90. The van der Waals surface area contributed by atoms with Crippen LogP contribution >= 0.6 is 34.8 Å². The van der Waals surface area contributed by atoms with Crippen LogP contribution in [0.1, 0.15) is 39.5 Å². The lowest BCUT2D eigenvalue weighted by Crippen LogP contribution is -2.29. The quantitative estimate of drug-likeness (QED) is 0.593. The maximum atomic E-state index is 6.07. The molecule has 0 amide bonds. The first-order chi connectivity index (χ1) is 9.58. The van der Waals surface area contributed by atoms with E-state index < -0.39 is 0 Å². The Labute approximate surface area is 136 Å². The fraction of sp³-hybridized carbons (Fsp3) is 0.600. The lowest BCUT2D eigenvalue weighted by atomic mass is 10.1. The Morgan fingerprint density at radius 1 is 1.15 bits per heavy atom. The SMILES string of the molecule is CCCNC(CC)CCCOc1c(Cl)cc(Cl)cc1Cl. The fourth-order valence-electron chi connectivity index (χ4n) is 1.97. The zero-order chi connectivity index (χ0) is 15.0. The molecular formula is C15H22Cl3NO. The normalized spacial score (nSPS) is 12.4. The molecule has 1 rings (SSSR count). The van der Waals surface area contributed by atoms with Crippen LogP contribution in [0.25, 0.3) is 0 Å². The molecule has 0 aliphatic carbocycles. The number of hydrogen-bond acceptors (Lipinski definition) is 2. The molecule has 0 saturated heterocycles. The zero-order valence-corrected chi connectivity index (χ0v) is 14.3. The summed E-state index contributed by atoms with van der Waals surface area (Å²) in [5.74, 6) is 0.521. The van der Waals surface area contributed by atoms with Crippen molar-refractivity contribution in [2.24, 2.45) is 0 Å². The number of halogens is 3. The van der Waals surface area contributed by atoms with E-state index in [0.29, 0.717) is 33.5 Å². The molecule has 20 heavy (non-hydrogen) atoms. The first-order valence-electron chi connectivity index (χ1n) is 7.09. The third-order valence-electron chi connectivity index (χ3n) is 3.08. The van der Waals surface area contributed by atoms with Gasteiger partial charge < -0.3 is 10.1 Å². The minimum absolute atomic E-state index is 0.457.